The summed E-state index contributed by atoms with van der Waals surface area (Å²) < 4.78 is 0. The molecule has 25 heavy (non-hydrogen) atoms. The molecule has 1 heterocycles. The van der Waals surface area contributed by atoms with Crippen molar-refractivity contribution in [2.75, 3.05) is 13.2 Å². The Morgan fingerprint density at radius 2 is 1.28 bits per heavy atom. The first-order chi connectivity index (χ1) is 12.0. The average Bonchev–Trinajstić information content (AvgIpc) is 2.90. The van der Waals surface area contributed by atoms with E-state index in [1.54, 1.807) is 0 Å². The molecule has 7 N–H and O–H groups in total. The van der Waals surface area contributed by atoms with E-state index in [1.165, 1.54) is 0 Å². The molecule has 0 bridgehead atoms. The van der Waals surface area contributed by atoms with Crippen molar-refractivity contribution in [2.24, 2.45) is 0 Å². The van der Waals surface area contributed by atoms with E-state index in [-0.39, 0.29) is 19.3 Å². The standard InChI is InChI=1S/C18H37NO6/c20-11-7-9-13(22)8-5-3-1-2-4-6-10-15(23)16-18(25)17(24)14(12-21)19-16/h13-25H,1-12H2/t13-,14-,15-,16-,17-,18-/m0/s1. The highest BCUT2D eigenvalue weighted by molar-refractivity contribution is 5.00. The number of rotatable bonds is 14. The van der Waals surface area contributed by atoms with Crippen LogP contribution in [0.2, 0.25) is 0 Å². The van der Waals surface area contributed by atoms with Gasteiger partial charge in [-0.2, -0.15) is 0 Å². The lowest BCUT2D eigenvalue weighted by molar-refractivity contribution is -0.00443. The SMILES string of the molecule is OCCC[C@@H](O)CCCCCCCC[C@H](O)[C@@H]1N[C@@H](CO)[C@H](O)[C@H]1O. The van der Waals surface area contributed by atoms with Crippen LogP contribution in [0.4, 0.5) is 0 Å². The summed E-state index contributed by atoms with van der Waals surface area (Å²) in [4.78, 5) is 0. The summed E-state index contributed by atoms with van der Waals surface area (Å²) in [5.41, 5.74) is 0. The third kappa shape index (κ3) is 8.30. The summed E-state index contributed by atoms with van der Waals surface area (Å²) in [7, 11) is 0. The summed E-state index contributed by atoms with van der Waals surface area (Å²) in [6.07, 6.45) is 5.63. The molecule has 1 aliphatic rings. The van der Waals surface area contributed by atoms with Gasteiger partial charge in [-0.05, 0) is 25.7 Å². The van der Waals surface area contributed by atoms with Crippen molar-refractivity contribution in [1.82, 2.24) is 5.32 Å². The minimum absolute atomic E-state index is 0.135. The smallest absolute Gasteiger partial charge is 0.0993 e. The molecule has 150 valence electrons. The van der Waals surface area contributed by atoms with Crippen molar-refractivity contribution in [1.29, 1.82) is 0 Å². The van der Waals surface area contributed by atoms with Gasteiger partial charge in [0, 0.05) is 6.61 Å². The molecule has 7 nitrogen and oxygen atoms in total. The Bertz CT molecular complexity index is 333. The van der Waals surface area contributed by atoms with Gasteiger partial charge in [-0.15, -0.1) is 0 Å². The number of unbranched alkanes of at least 4 members (excludes halogenated alkanes) is 5. The van der Waals surface area contributed by atoms with Crippen molar-refractivity contribution in [2.45, 2.75) is 101 Å². The largest absolute Gasteiger partial charge is 0.396 e. The van der Waals surface area contributed by atoms with Crippen LogP contribution in [0.1, 0.15) is 64.2 Å². The molecule has 7 heteroatoms. The first-order valence-corrected chi connectivity index (χ1v) is 9.71. The number of nitrogens with one attached hydrogen (secondary N) is 1. The molecule has 0 aliphatic carbocycles. The summed E-state index contributed by atoms with van der Waals surface area (Å²) in [6.45, 7) is -0.133. The Labute approximate surface area is 150 Å². The molecule has 0 aromatic rings. The van der Waals surface area contributed by atoms with Gasteiger partial charge in [0.25, 0.3) is 0 Å². The molecular weight excluding hydrogens is 326 g/mol. The fraction of sp³-hybridized carbons (Fsp3) is 1.00. The zero-order chi connectivity index (χ0) is 18.7. The van der Waals surface area contributed by atoms with Crippen LogP contribution in [0, 0.1) is 0 Å². The molecule has 0 saturated carbocycles. The number of hydrogen-bond donors (Lipinski definition) is 7. The van der Waals surface area contributed by atoms with Crippen LogP contribution >= 0.6 is 0 Å². The average molecular weight is 363 g/mol. The highest BCUT2D eigenvalue weighted by Gasteiger charge is 2.43. The van der Waals surface area contributed by atoms with Crippen LogP contribution in [0.25, 0.3) is 0 Å². The lowest BCUT2D eigenvalue weighted by atomic mass is 9.98. The summed E-state index contributed by atoms with van der Waals surface area (Å²) in [6, 6.07) is -1.17. The first-order valence-electron chi connectivity index (χ1n) is 9.71. The van der Waals surface area contributed by atoms with Gasteiger partial charge in [-0.1, -0.05) is 38.5 Å². The molecule has 0 radical (unpaired) electrons. The Morgan fingerprint density at radius 3 is 1.84 bits per heavy atom. The highest BCUT2D eigenvalue weighted by Crippen LogP contribution is 2.20. The van der Waals surface area contributed by atoms with E-state index in [2.05, 4.69) is 5.32 Å². The van der Waals surface area contributed by atoms with Crippen molar-refractivity contribution in [3.05, 3.63) is 0 Å². The molecule has 0 spiro atoms. The lowest BCUT2D eigenvalue weighted by Gasteiger charge is -2.22. The van der Waals surface area contributed by atoms with E-state index in [1.807, 2.05) is 0 Å². The van der Waals surface area contributed by atoms with Crippen molar-refractivity contribution in [3.63, 3.8) is 0 Å². The predicted molar refractivity (Wildman–Crippen MR) is 95.1 cm³/mol. The van der Waals surface area contributed by atoms with Crippen LogP contribution in [0.15, 0.2) is 0 Å². The number of aliphatic hydroxyl groups is 6. The predicted octanol–water partition coefficient (Wildman–Crippen LogP) is -0.344. The monoisotopic (exact) mass is 363 g/mol. The van der Waals surface area contributed by atoms with Crippen LogP contribution < -0.4 is 5.32 Å². The molecule has 0 aromatic carbocycles. The molecule has 1 aliphatic heterocycles. The quantitative estimate of drug-likeness (QED) is 0.210. The maximum Gasteiger partial charge on any atom is 0.0993 e. The van der Waals surface area contributed by atoms with E-state index >= 15 is 0 Å². The van der Waals surface area contributed by atoms with Gasteiger partial charge in [0.05, 0.1) is 43.1 Å². The Hall–Kier alpha value is -0.280. The van der Waals surface area contributed by atoms with E-state index in [0.29, 0.717) is 19.3 Å². The number of aliphatic hydroxyl groups excluding tert-OH is 6. The van der Waals surface area contributed by atoms with Crippen LogP contribution in [0.5, 0.6) is 0 Å². The zero-order valence-corrected chi connectivity index (χ0v) is 15.1. The normalized spacial score (nSPS) is 29.0. The van der Waals surface area contributed by atoms with Gasteiger partial charge < -0.3 is 36.0 Å². The van der Waals surface area contributed by atoms with Gasteiger partial charge in [0.2, 0.25) is 0 Å². The molecule has 1 saturated heterocycles. The van der Waals surface area contributed by atoms with E-state index < -0.39 is 30.4 Å². The van der Waals surface area contributed by atoms with Crippen LogP contribution in [-0.4, -0.2) is 80.4 Å². The second-order valence-electron chi connectivity index (χ2n) is 7.25. The fourth-order valence-corrected chi connectivity index (χ4v) is 3.49. The Kier molecular flexibility index (Phi) is 11.8. The summed E-state index contributed by atoms with van der Waals surface area (Å²) >= 11 is 0. The molecule has 1 fully saturated rings. The highest BCUT2D eigenvalue weighted by atomic mass is 16.3. The van der Waals surface area contributed by atoms with Crippen LogP contribution in [-0.2, 0) is 0 Å². The second-order valence-corrected chi connectivity index (χ2v) is 7.25. The van der Waals surface area contributed by atoms with Gasteiger partial charge in [0.1, 0.15) is 0 Å². The zero-order valence-electron chi connectivity index (χ0n) is 15.1. The molecule has 0 unspecified atom stereocenters. The van der Waals surface area contributed by atoms with E-state index in [0.717, 1.165) is 44.9 Å². The molecule has 0 aromatic heterocycles. The van der Waals surface area contributed by atoms with E-state index in [4.69, 9.17) is 10.2 Å². The maximum absolute atomic E-state index is 10.2. The maximum atomic E-state index is 10.2. The minimum Gasteiger partial charge on any atom is -0.396 e. The fourth-order valence-electron chi connectivity index (χ4n) is 3.49. The van der Waals surface area contributed by atoms with Crippen molar-refractivity contribution < 1.29 is 30.6 Å². The lowest BCUT2D eigenvalue weighted by Crippen LogP contribution is -2.44. The Morgan fingerprint density at radius 1 is 0.720 bits per heavy atom. The molecule has 1 rings (SSSR count). The summed E-state index contributed by atoms with van der Waals surface area (Å²) in [5, 5.41) is 60.2. The summed E-state index contributed by atoms with van der Waals surface area (Å²) in [5.74, 6) is 0. The van der Waals surface area contributed by atoms with E-state index in [9.17, 15) is 20.4 Å². The van der Waals surface area contributed by atoms with Crippen molar-refractivity contribution >= 4 is 0 Å². The minimum atomic E-state index is -1.05. The van der Waals surface area contributed by atoms with Gasteiger partial charge >= 0.3 is 0 Å². The van der Waals surface area contributed by atoms with Crippen LogP contribution in [0.3, 0.4) is 0 Å². The third-order valence-corrected chi connectivity index (χ3v) is 5.13. The third-order valence-electron chi connectivity index (χ3n) is 5.13. The van der Waals surface area contributed by atoms with Gasteiger partial charge in [-0.25, -0.2) is 0 Å². The van der Waals surface area contributed by atoms with Crippen molar-refractivity contribution in [3.8, 4) is 0 Å². The number of hydrogen-bond acceptors (Lipinski definition) is 7. The first kappa shape index (κ1) is 22.8. The second kappa shape index (κ2) is 13.0. The molecule has 6 atom stereocenters. The molecule has 0 amide bonds. The van der Waals surface area contributed by atoms with Gasteiger partial charge in [0.15, 0.2) is 0 Å². The topological polar surface area (TPSA) is 133 Å². The van der Waals surface area contributed by atoms with Gasteiger partial charge in [-0.3, -0.25) is 0 Å². The molecular formula is C18H37NO6. The Balaban J connectivity index is 2.01.